The van der Waals surface area contributed by atoms with Crippen molar-refractivity contribution in [1.29, 1.82) is 0 Å². The number of nitrogen functional groups attached to an aromatic ring is 1. The van der Waals surface area contributed by atoms with E-state index in [0.717, 1.165) is 5.56 Å². The van der Waals surface area contributed by atoms with Crippen molar-refractivity contribution in [2.24, 2.45) is 5.73 Å². The highest BCUT2D eigenvalue weighted by Gasteiger charge is 2.36. The molecule has 0 spiro atoms. The van der Waals surface area contributed by atoms with Gasteiger partial charge in [-0.05, 0) is 59.8 Å². The average Bonchev–Trinajstić information content (AvgIpc) is 3.28. The van der Waals surface area contributed by atoms with Crippen molar-refractivity contribution in [2.45, 2.75) is 32.7 Å². The first-order valence-corrected chi connectivity index (χ1v) is 12.5. The molecule has 3 aromatic rings. The molecule has 0 aliphatic carbocycles. The zero-order valence-corrected chi connectivity index (χ0v) is 22.0. The van der Waals surface area contributed by atoms with Gasteiger partial charge in [-0.15, -0.1) is 0 Å². The zero-order chi connectivity index (χ0) is 28.0. The molecular formula is C26H29N5O6S. The maximum atomic E-state index is 14.0. The van der Waals surface area contributed by atoms with Crippen LogP contribution in [0.4, 0.5) is 11.4 Å². The molecule has 3 amide bonds. The monoisotopic (exact) mass is 539 g/mol. The number of primary amides is 1. The minimum atomic E-state index is -1.30. The quantitative estimate of drug-likeness (QED) is 0.284. The number of phenols is 1. The van der Waals surface area contributed by atoms with E-state index in [2.05, 4.69) is 9.69 Å². The Morgan fingerprint density at radius 1 is 1.05 bits per heavy atom. The first-order chi connectivity index (χ1) is 18.0. The SMILES string of the molecule is CCOC(=O)CNC(=O)[C@H](c1ccc(O)cc1)N(C(=O)c1snc(C(N)=O)c1N)c1ccc(C(C)C)cc1. The number of nitrogens with two attached hydrogens (primary N) is 2. The van der Waals surface area contributed by atoms with Crippen molar-refractivity contribution in [3.05, 3.63) is 70.2 Å². The van der Waals surface area contributed by atoms with Crippen molar-refractivity contribution in [3.8, 4) is 5.75 Å². The van der Waals surface area contributed by atoms with E-state index in [1.807, 2.05) is 26.0 Å². The van der Waals surface area contributed by atoms with E-state index in [-0.39, 0.29) is 34.5 Å². The molecule has 6 N–H and O–H groups in total. The number of aromatic hydroxyl groups is 1. The van der Waals surface area contributed by atoms with Crippen molar-refractivity contribution >= 4 is 46.6 Å². The third-order valence-electron chi connectivity index (χ3n) is 5.64. The van der Waals surface area contributed by atoms with E-state index in [1.165, 1.54) is 29.2 Å². The molecule has 0 radical (unpaired) electrons. The number of esters is 1. The van der Waals surface area contributed by atoms with Crippen LogP contribution in [0.3, 0.4) is 0 Å². The predicted octanol–water partition coefficient (Wildman–Crippen LogP) is 2.72. The first kappa shape index (κ1) is 28.1. The Morgan fingerprint density at radius 2 is 1.66 bits per heavy atom. The van der Waals surface area contributed by atoms with Crippen LogP contribution in [0.5, 0.6) is 5.75 Å². The highest BCUT2D eigenvalue weighted by Crippen LogP contribution is 2.34. The number of benzene rings is 2. The number of ether oxygens (including phenoxy) is 1. The fraction of sp³-hybridized carbons (Fsp3) is 0.269. The smallest absolute Gasteiger partial charge is 0.325 e. The van der Waals surface area contributed by atoms with Crippen LogP contribution in [-0.4, -0.2) is 46.3 Å². The van der Waals surface area contributed by atoms with Crippen LogP contribution in [0, 0.1) is 0 Å². The molecule has 2 aromatic carbocycles. The normalized spacial score (nSPS) is 11.6. The van der Waals surface area contributed by atoms with Gasteiger partial charge in [-0.3, -0.25) is 24.1 Å². The third-order valence-corrected chi connectivity index (χ3v) is 6.49. The number of anilines is 2. The van der Waals surface area contributed by atoms with Gasteiger partial charge in [0.25, 0.3) is 11.8 Å². The van der Waals surface area contributed by atoms with Crippen LogP contribution in [0.25, 0.3) is 0 Å². The minimum Gasteiger partial charge on any atom is -0.508 e. The van der Waals surface area contributed by atoms with Gasteiger partial charge in [-0.2, -0.15) is 4.37 Å². The zero-order valence-electron chi connectivity index (χ0n) is 21.1. The Balaban J connectivity index is 2.16. The van der Waals surface area contributed by atoms with Gasteiger partial charge in [0.15, 0.2) is 5.69 Å². The Morgan fingerprint density at radius 3 is 2.18 bits per heavy atom. The van der Waals surface area contributed by atoms with Gasteiger partial charge in [-0.1, -0.05) is 38.1 Å². The molecule has 0 saturated heterocycles. The van der Waals surface area contributed by atoms with Gasteiger partial charge < -0.3 is 26.6 Å². The van der Waals surface area contributed by atoms with Crippen LogP contribution in [-0.2, 0) is 14.3 Å². The van der Waals surface area contributed by atoms with Crippen molar-refractivity contribution in [3.63, 3.8) is 0 Å². The van der Waals surface area contributed by atoms with Crippen molar-refractivity contribution in [1.82, 2.24) is 9.69 Å². The topological polar surface area (TPSA) is 178 Å². The number of amides is 3. The lowest BCUT2D eigenvalue weighted by Gasteiger charge is -2.31. The molecule has 0 unspecified atom stereocenters. The summed E-state index contributed by atoms with van der Waals surface area (Å²) >= 11 is 0.682. The second-order valence-corrected chi connectivity index (χ2v) is 9.35. The van der Waals surface area contributed by atoms with E-state index in [9.17, 15) is 24.3 Å². The molecule has 0 aliphatic rings. The molecule has 0 saturated carbocycles. The summed E-state index contributed by atoms with van der Waals surface area (Å²) in [5.74, 6) is -2.78. The van der Waals surface area contributed by atoms with Gasteiger partial charge in [0.2, 0.25) is 5.91 Å². The molecule has 0 bridgehead atoms. The van der Waals surface area contributed by atoms with Crippen molar-refractivity contribution in [2.75, 3.05) is 23.8 Å². The molecule has 11 nitrogen and oxygen atoms in total. The van der Waals surface area contributed by atoms with E-state index in [1.54, 1.807) is 19.1 Å². The summed E-state index contributed by atoms with van der Waals surface area (Å²) in [4.78, 5) is 52.3. The van der Waals surface area contributed by atoms with Crippen LogP contribution >= 0.6 is 11.5 Å². The number of nitrogens with zero attached hydrogens (tertiary/aromatic N) is 2. The molecule has 0 fully saturated rings. The van der Waals surface area contributed by atoms with E-state index < -0.39 is 36.3 Å². The van der Waals surface area contributed by atoms with Gasteiger partial charge in [0, 0.05) is 5.69 Å². The summed E-state index contributed by atoms with van der Waals surface area (Å²) in [6, 6.07) is 11.4. The summed E-state index contributed by atoms with van der Waals surface area (Å²) in [7, 11) is 0. The lowest BCUT2D eigenvalue weighted by atomic mass is 10.00. The second-order valence-electron chi connectivity index (χ2n) is 8.58. The van der Waals surface area contributed by atoms with Crippen LogP contribution in [0.15, 0.2) is 48.5 Å². The molecule has 1 aromatic heterocycles. The van der Waals surface area contributed by atoms with Gasteiger partial charge in [0.1, 0.15) is 23.2 Å². The molecule has 1 atom stereocenters. The fourth-order valence-corrected chi connectivity index (χ4v) is 4.43. The summed E-state index contributed by atoms with van der Waals surface area (Å²) in [6.07, 6.45) is 0. The molecule has 12 heteroatoms. The second kappa shape index (κ2) is 12.2. The van der Waals surface area contributed by atoms with Crippen LogP contribution < -0.4 is 21.7 Å². The number of hydrogen-bond acceptors (Lipinski definition) is 9. The molecule has 1 heterocycles. The highest BCUT2D eigenvalue weighted by atomic mass is 32.1. The van der Waals surface area contributed by atoms with E-state index in [0.29, 0.717) is 22.8 Å². The standard InChI is InChI=1S/C26H29N5O6S/c1-4-37-19(33)13-29-25(35)22(16-7-11-18(32)12-8-16)31(17-9-5-15(6-10-17)14(2)3)26(36)23-20(27)21(24(28)34)30-38-23/h5-12,14,22,32H,4,13,27H2,1-3H3,(H2,28,34)(H,29,35)/t22-/m0/s1. The summed E-state index contributed by atoms with van der Waals surface area (Å²) in [5.41, 5.74) is 12.6. The molecule has 38 heavy (non-hydrogen) atoms. The fourth-order valence-electron chi connectivity index (χ4n) is 3.68. The van der Waals surface area contributed by atoms with Gasteiger partial charge in [-0.25, -0.2) is 0 Å². The van der Waals surface area contributed by atoms with Crippen LogP contribution in [0.2, 0.25) is 0 Å². The Labute approximate surface area is 223 Å². The molecule has 3 rings (SSSR count). The first-order valence-electron chi connectivity index (χ1n) is 11.8. The third kappa shape index (κ3) is 6.27. The number of phenolic OH excluding ortho intramolecular Hbond substituents is 1. The lowest BCUT2D eigenvalue weighted by Crippen LogP contribution is -2.45. The van der Waals surface area contributed by atoms with Crippen LogP contribution in [0.1, 0.15) is 64.0 Å². The Bertz CT molecular complexity index is 1320. The lowest BCUT2D eigenvalue weighted by molar-refractivity contribution is -0.143. The van der Waals surface area contributed by atoms with E-state index in [4.69, 9.17) is 16.2 Å². The summed E-state index contributed by atoms with van der Waals surface area (Å²) in [5, 5.41) is 12.3. The highest BCUT2D eigenvalue weighted by molar-refractivity contribution is 7.09. The Kier molecular flexibility index (Phi) is 9.02. The summed E-state index contributed by atoms with van der Waals surface area (Å²) in [6.45, 7) is 5.38. The van der Waals surface area contributed by atoms with Gasteiger partial charge in [0.05, 0.1) is 12.3 Å². The predicted molar refractivity (Wildman–Crippen MR) is 143 cm³/mol. The minimum absolute atomic E-state index is 0.0450. The van der Waals surface area contributed by atoms with E-state index >= 15 is 0 Å². The van der Waals surface area contributed by atoms with Gasteiger partial charge >= 0.3 is 5.97 Å². The maximum absolute atomic E-state index is 14.0. The number of nitrogens with one attached hydrogen (secondary N) is 1. The number of carbonyl (C=O) groups excluding carboxylic acids is 4. The average molecular weight is 540 g/mol. The Hall–Kier alpha value is -4.45. The summed E-state index contributed by atoms with van der Waals surface area (Å²) < 4.78 is 8.82. The van der Waals surface area contributed by atoms with Crippen molar-refractivity contribution < 1.29 is 29.0 Å². The number of rotatable bonds is 10. The largest absolute Gasteiger partial charge is 0.508 e. The molecule has 0 aliphatic heterocycles. The number of carbonyl (C=O) groups is 4. The number of aromatic nitrogens is 1. The maximum Gasteiger partial charge on any atom is 0.325 e. The number of hydrogen-bond donors (Lipinski definition) is 4. The molecule has 200 valence electrons. The molecular weight excluding hydrogens is 510 g/mol.